The number of thiazole rings is 1. The zero-order chi connectivity index (χ0) is 9.84. The lowest BCUT2D eigenvalue weighted by Gasteiger charge is -1.96. The minimum Gasteiger partial charge on any atom is -0.391 e. The number of aromatic nitrogens is 1. The van der Waals surface area contributed by atoms with Crippen molar-refractivity contribution >= 4 is 11.3 Å². The van der Waals surface area contributed by atoms with Crippen LogP contribution in [0.2, 0.25) is 0 Å². The molecule has 0 fully saturated rings. The van der Waals surface area contributed by atoms with Crippen molar-refractivity contribution in [2.75, 3.05) is 0 Å². The number of hydrogen-bond donors (Lipinski definition) is 1. The van der Waals surface area contributed by atoms with Crippen LogP contribution in [0.15, 0.2) is 0 Å². The Morgan fingerprint density at radius 2 is 2.15 bits per heavy atom. The van der Waals surface area contributed by atoms with Crippen LogP contribution in [-0.2, 0) is 13.0 Å². The van der Waals surface area contributed by atoms with Crippen molar-refractivity contribution in [1.82, 2.24) is 4.98 Å². The van der Waals surface area contributed by atoms with Gasteiger partial charge in [-0.25, -0.2) is 4.98 Å². The summed E-state index contributed by atoms with van der Waals surface area (Å²) in [5, 5.41) is 10.3. The highest BCUT2D eigenvalue weighted by Crippen LogP contribution is 2.25. The summed E-state index contributed by atoms with van der Waals surface area (Å²) >= 11 is 1.65. The first kappa shape index (κ1) is 10.7. The van der Waals surface area contributed by atoms with Crippen LogP contribution in [0.25, 0.3) is 0 Å². The normalized spacial score (nSPS) is 11.2. The van der Waals surface area contributed by atoms with Crippen LogP contribution >= 0.6 is 11.3 Å². The minimum atomic E-state index is 0.139. The van der Waals surface area contributed by atoms with E-state index in [0.29, 0.717) is 5.92 Å². The number of aliphatic hydroxyl groups excluding tert-OH is 1. The Kier molecular flexibility index (Phi) is 3.88. The molecule has 2 nitrogen and oxygen atoms in total. The topological polar surface area (TPSA) is 33.1 Å². The fourth-order valence-corrected chi connectivity index (χ4v) is 2.18. The molecule has 0 aliphatic carbocycles. The van der Waals surface area contributed by atoms with Crippen LogP contribution in [-0.4, -0.2) is 10.1 Å². The second-order valence-electron chi connectivity index (χ2n) is 3.48. The maximum absolute atomic E-state index is 9.11. The Bertz CT molecular complexity index is 268. The van der Waals surface area contributed by atoms with Gasteiger partial charge in [0.1, 0.15) is 0 Å². The lowest BCUT2D eigenvalue weighted by molar-refractivity contribution is 0.284. The zero-order valence-corrected chi connectivity index (χ0v) is 9.32. The van der Waals surface area contributed by atoms with Gasteiger partial charge in [-0.3, -0.25) is 0 Å². The van der Waals surface area contributed by atoms with E-state index >= 15 is 0 Å². The summed E-state index contributed by atoms with van der Waals surface area (Å²) in [6.07, 6.45) is 2.08. The third-order valence-electron chi connectivity index (χ3n) is 1.92. The molecule has 0 aliphatic rings. The van der Waals surface area contributed by atoms with Crippen LogP contribution in [0.1, 0.15) is 48.7 Å². The van der Waals surface area contributed by atoms with Gasteiger partial charge in [0, 0.05) is 5.92 Å². The predicted octanol–water partition coefficient (Wildman–Crippen LogP) is 2.71. The van der Waals surface area contributed by atoms with Gasteiger partial charge in [-0.2, -0.15) is 0 Å². The molecule has 74 valence electrons. The van der Waals surface area contributed by atoms with E-state index in [1.807, 2.05) is 0 Å². The van der Waals surface area contributed by atoms with Crippen molar-refractivity contribution in [1.29, 1.82) is 0 Å². The van der Waals surface area contributed by atoms with E-state index in [9.17, 15) is 0 Å². The van der Waals surface area contributed by atoms with Crippen LogP contribution in [0.3, 0.4) is 0 Å². The van der Waals surface area contributed by atoms with E-state index in [1.54, 1.807) is 11.3 Å². The number of aliphatic hydroxyl groups is 1. The van der Waals surface area contributed by atoms with Gasteiger partial charge >= 0.3 is 0 Å². The maximum Gasteiger partial charge on any atom is 0.0957 e. The lowest BCUT2D eigenvalue weighted by Crippen LogP contribution is -1.91. The minimum absolute atomic E-state index is 0.139. The first-order chi connectivity index (χ1) is 6.19. The molecular weight excluding hydrogens is 182 g/mol. The molecule has 0 unspecified atom stereocenters. The molecule has 0 saturated heterocycles. The summed E-state index contributed by atoms with van der Waals surface area (Å²) in [4.78, 5) is 5.58. The monoisotopic (exact) mass is 199 g/mol. The molecule has 1 heterocycles. The Morgan fingerprint density at radius 1 is 1.46 bits per heavy atom. The third-order valence-corrected chi connectivity index (χ3v) is 3.30. The van der Waals surface area contributed by atoms with Crippen molar-refractivity contribution in [3.8, 4) is 0 Å². The molecule has 3 heteroatoms. The van der Waals surface area contributed by atoms with Crippen molar-refractivity contribution in [3.05, 3.63) is 15.6 Å². The summed E-state index contributed by atoms with van der Waals surface area (Å²) in [7, 11) is 0. The number of hydrogen-bond acceptors (Lipinski definition) is 3. The van der Waals surface area contributed by atoms with Gasteiger partial charge in [0.15, 0.2) is 0 Å². The van der Waals surface area contributed by atoms with Crippen molar-refractivity contribution in [2.45, 2.75) is 46.1 Å². The average Bonchev–Trinajstić information content (AvgIpc) is 2.48. The second-order valence-corrected chi connectivity index (χ2v) is 4.60. The van der Waals surface area contributed by atoms with Crippen LogP contribution in [0.4, 0.5) is 0 Å². The Morgan fingerprint density at radius 3 is 2.62 bits per heavy atom. The molecule has 1 N–H and O–H groups in total. The Labute approximate surface area is 83.6 Å². The Hall–Kier alpha value is -0.410. The van der Waals surface area contributed by atoms with E-state index in [0.717, 1.165) is 28.4 Å². The summed E-state index contributed by atoms with van der Waals surface area (Å²) in [6.45, 7) is 6.54. The number of rotatable bonds is 4. The molecule has 1 aromatic rings. The van der Waals surface area contributed by atoms with Gasteiger partial charge in [0.2, 0.25) is 0 Å². The summed E-state index contributed by atoms with van der Waals surface area (Å²) < 4.78 is 0. The van der Waals surface area contributed by atoms with E-state index in [4.69, 9.17) is 5.11 Å². The first-order valence-corrected chi connectivity index (χ1v) is 5.60. The van der Waals surface area contributed by atoms with Gasteiger partial charge < -0.3 is 5.11 Å². The van der Waals surface area contributed by atoms with Gasteiger partial charge in [-0.1, -0.05) is 27.2 Å². The molecule has 0 aliphatic heterocycles. The molecule has 1 rings (SSSR count). The second kappa shape index (κ2) is 4.72. The summed E-state index contributed by atoms with van der Waals surface area (Å²) in [6, 6.07) is 0. The molecular formula is C10H17NOS. The highest BCUT2D eigenvalue weighted by Gasteiger charge is 2.11. The predicted molar refractivity (Wildman–Crippen MR) is 56.1 cm³/mol. The molecule has 0 atom stereocenters. The van der Waals surface area contributed by atoms with E-state index in [-0.39, 0.29) is 6.61 Å². The molecule has 0 saturated carbocycles. The highest BCUT2D eigenvalue weighted by atomic mass is 32.1. The molecule has 0 aromatic carbocycles. The van der Waals surface area contributed by atoms with Gasteiger partial charge in [0.05, 0.1) is 22.2 Å². The van der Waals surface area contributed by atoms with E-state index in [1.165, 1.54) is 0 Å². The maximum atomic E-state index is 9.11. The van der Waals surface area contributed by atoms with Crippen LogP contribution in [0, 0.1) is 0 Å². The molecule has 0 bridgehead atoms. The molecule has 0 radical (unpaired) electrons. The summed E-state index contributed by atoms with van der Waals surface area (Å²) in [5.74, 6) is 0.473. The van der Waals surface area contributed by atoms with Crippen LogP contribution < -0.4 is 0 Å². The van der Waals surface area contributed by atoms with Gasteiger partial charge in [-0.05, 0) is 6.42 Å². The highest BCUT2D eigenvalue weighted by molar-refractivity contribution is 7.11. The zero-order valence-electron chi connectivity index (χ0n) is 8.50. The van der Waals surface area contributed by atoms with E-state index in [2.05, 4.69) is 25.8 Å². The van der Waals surface area contributed by atoms with Gasteiger partial charge in [0.25, 0.3) is 0 Å². The van der Waals surface area contributed by atoms with Crippen molar-refractivity contribution in [3.63, 3.8) is 0 Å². The van der Waals surface area contributed by atoms with Crippen molar-refractivity contribution in [2.24, 2.45) is 0 Å². The fraction of sp³-hybridized carbons (Fsp3) is 0.700. The smallest absolute Gasteiger partial charge is 0.0957 e. The van der Waals surface area contributed by atoms with Crippen molar-refractivity contribution < 1.29 is 5.11 Å². The summed E-state index contributed by atoms with van der Waals surface area (Å²) in [5.41, 5.74) is 1.10. The molecule has 13 heavy (non-hydrogen) atoms. The third kappa shape index (κ3) is 2.51. The molecule has 0 amide bonds. The molecule has 1 aromatic heterocycles. The van der Waals surface area contributed by atoms with E-state index < -0.39 is 0 Å². The number of nitrogens with zero attached hydrogens (tertiary/aromatic N) is 1. The SMILES string of the molecule is CCCc1nc(C(C)C)sc1CO. The quantitative estimate of drug-likeness (QED) is 0.808. The van der Waals surface area contributed by atoms with Crippen LogP contribution in [0.5, 0.6) is 0 Å². The number of aryl methyl sites for hydroxylation is 1. The first-order valence-electron chi connectivity index (χ1n) is 4.78. The molecule has 0 spiro atoms. The largest absolute Gasteiger partial charge is 0.391 e. The fourth-order valence-electron chi connectivity index (χ4n) is 1.21. The van der Waals surface area contributed by atoms with Gasteiger partial charge in [-0.15, -0.1) is 11.3 Å². The lowest BCUT2D eigenvalue weighted by atomic mass is 10.2. The average molecular weight is 199 g/mol. The Balaban J connectivity index is 2.90. The standard InChI is InChI=1S/C10H17NOS/c1-4-5-8-9(6-12)13-10(11-8)7(2)3/h7,12H,4-6H2,1-3H3.